The summed E-state index contributed by atoms with van der Waals surface area (Å²) in [5.41, 5.74) is -0.860. The first-order valence-electron chi connectivity index (χ1n) is 10.8. The number of ketones is 1. The predicted octanol–water partition coefficient (Wildman–Crippen LogP) is 2.98. The number of carbonyl (C=O) groups excluding carboxylic acids is 1. The summed E-state index contributed by atoms with van der Waals surface area (Å²) in [6, 6.07) is 4.32. The van der Waals surface area contributed by atoms with Gasteiger partial charge in [0.15, 0.2) is 0 Å². The van der Waals surface area contributed by atoms with Crippen molar-refractivity contribution in [2.24, 2.45) is 11.8 Å². The van der Waals surface area contributed by atoms with Crippen LogP contribution >= 0.6 is 0 Å². The lowest BCUT2D eigenvalue weighted by molar-refractivity contribution is -0.138. The first-order chi connectivity index (χ1) is 15.6. The lowest BCUT2D eigenvalue weighted by atomic mass is 9.86. The molecule has 1 aromatic rings. The third kappa shape index (κ3) is 6.78. The number of benzene rings is 1. The van der Waals surface area contributed by atoms with Crippen molar-refractivity contribution in [3.63, 3.8) is 0 Å². The molecule has 7 nitrogen and oxygen atoms in total. The van der Waals surface area contributed by atoms with E-state index in [1.54, 1.807) is 12.2 Å². The standard InChI is InChI=1S/C23H27F3O7/c24-23(25,26)13-6-5-7-14(10-13)32-12-18(29)21-22(33-21)20-15(16(27)11-17(20)28)8-3-1-2-4-9-19(30)31/h1,3,5-7,10,15,17-18,20-22,28-29H,2,4,8-9,11-12H2,(H,30,31)/b3-1-/t15-,17+,18-,20+,21?,22+/m0/s1. The highest BCUT2D eigenvalue weighted by Gasteiger charge is 2.57. The Balaban J connectivity index is 1.51. The van der Waals surface area contributed by atoms with Crippen LogP contribution in [0.5, 0.6) is 5.75 Å². The van der Waals surface area contributed by atoms with E-state index in [0.717, 1.165) is 12.1 Å². The fourth-order valence-corrected chi connectivity index (χ4v) is 4.24. The van der Waals surface area contributed by atoms with E-state index in [4.69, 9.17) is 14.6 Å². The number of carboxylic acids is 1. The van der Waals surface area contributed by atoms with Crippen LogP contribution in [0.4, 0.5) is 13.2 Å². The number of unbranched alkanes of at least 4 members (excludes halogenated alkanes) is 1. The van der Waals surface area contributed by atoms with Crippen molar-refractivity contribution in [3.8, 4) is 5.75 Å². The van der Waals surface area contributed by atoms with Gasteiger partial charge >= 0.3 is 12.1 Å². The Morgan fingerprint density at radius 1 is 1.30 bits per heavy atom. The Labute approximate surface area is 188 Å². The summed E-state index contributed by atoms with van der Waals surface area (Å²) in [4.78, 5) is 22.9. The molecule has 0 amide bonds. The Hall–Kier alpha value is -2.43. The number of hydrogen-bond acceptors (Lipinski definition) is 6. The molecule has 1 saturated heterocycles. The molecule has 3 rings (SSSR count). The fraction of sp³-hybridized carbons (Fsp3) is 0.565. The number of carbonyl (C=O) groups is 2. The number of carboxylic acid groups (broad SMARTS) is 1. The van der Waals surface area contributed by atoms with Crippen LogP contribution in [-0.2, 0) is 20.5 Å². The minimum atomic E-state index is -4.51. The minimum absolute atomic E-state index is 0.00834. The number of ether oxygens (including phenoxy) is 2. The summed E-state index contributed by atoms with van der Waals surface area (Å²) in [6.45, 7) is -0.298. The minimum Gasteiger partial charge on any atom is -0.491 e. The van der Waals surface area contributed by atoms with Crippen molar-refractivity contribution in [1.29, 1.82) is 0 Å². The zero-order valence-corrected chi connectivity index (χ0v) is 17.8. The second kappa shape index (κ2) is 10.7. The number of aliphatic hydroxyl groups excluding tert-OH is 2. The van der Waals surface area contributed by atoms with Crippen LogP contribution in [0, 0.1) is 11.8 Å². The van der Waals surface area contributed by atoms with Gasteiger partial charge in [0.05, 0.1) is 17.8 Å². The third-order valence-corrected chi connectivity index (χ3v) is 5.95. The van der Waals surface area contributed by atoms with Crippen LogP contribution in [-0.4, -0.2) is 58.1 Å². The Kier molecular flexibility index (Phi) is 8.14. The van der Waals surface area contributed by atoms with Gasteiger partial charge in [-0.15, -0.1) is 0 Å². The molecule has 1 aromatic carbocycles. The molecule has 0 bridgehead atoms. The third-order valence-electron chi connectivity index (χ3n) is 5.95. The second-order valence-corrected chi connectivity index (χ2v) is 8.38. The van der Waals surface area contributed by atoms with Crippen LogP contribution in [0.2, 0.25) is 0 Å². The fourth-order valence-electron chi connectivity index (χ4n) is 4.24. The maximum atomic E-state index is 12.8. The van der Waals surface area contributed by atoms with Gasteiger partial charge in [0, 0.05) is 24.7 Å². The number of Topliss-reactive ketones (excluding diaryl/α,β-unsaturated/α-hetero) is 1. The average molecular weight is 472 g/mol. The summed E-state index contributed by atoms with van der Waals surface area (Å²) in [5.74, 6) is -2.00. The first-order valence-corrected chi connectivity index (χ1v) is 10.8. The molecule has 1 aliphatic carbocycles. The molecule has 1 heterocycles. The van der Waals surface area contributed by atoms with Crippen LogP contribution in [0.25, 0.3) is 0 Å². The van der Waals surface area contributed by atoms with Gasteiger partial charge in [-0.25, -0.2) is 0 Å². The summed E-state index contributed by atoms with van der Waals surface area (Å²) in [6.07, 6.45) is -2.73. The van der Waals surface area contributed by atoms with Crippen molar-refractivity contribution >= 4 is 11.8 Å². The highest BCUT2D eigenvalue weighted by molar-refractivity contribution is 5.84. The monoisotopic (exact) mass is 472 g/mol. The lowest BCUT2D eigenvalue weighted by Gasteiger charge is -2.19. The smallest absolute Gasteiger partial charge is 0.416 e. The molecule has 1 saturated carbocycles. The van der Waals surface area contributed by atoms with Crippen LogP contribution in [0.1, 0.15) is 37.7 Å². The number of hydrogen-bond donors (Lipinski definition) is 3. The van der Waals surface area contributed by atoms with E-state index in [2.05, 4.69) is 0 Å². The van der Waals surface area contributed by atoms with Crippen LogP contribution in [0.3, 0.4) is 0 Å². The van der Waals surface area contributed by atoms with Crippen molar-refractivity contribution in [2.45, 2.75) is 62.7 Å². The topological polar surface area (TPSA) is 117 Å². The first kappa shape index (κ1) is 25.2. The molecule has 2 aliphatic rings. The number of aliphatic carboxylic acids is 1. The molecule has 0 radical (unpaired) electrons. The summed E-state index contributed by atoms with van der Waals surface area (Å²) < 4.78 is 49.3. The summed E-state index contributed by atoms with van der Waals surface area (Å²) in [7, 11) is 0. The Morgan fingerprint density at radius 3 is 2.76 bits per heavy atom. The number of aliphatic hydroxyl groups is 2. The number of alkyl halides is 3. The van der Waals surface area contributed by atoms with E-state index in [0.29, 0.717) is 19.3 Å². The van der Waals surface area contributed by atoms with E-state index in [-0.39, 0.29) is 31.0 Å². The van der Waals surface area contributed by atoms with E-state index in [9.17, 15) is 33.0 Å². The van der Waals surface area contributed by atoms with Crippen molar-refractivity contribution in [2.75, 3.05) is 6.61 Å². The van der Waals surface area contributed by atoms with Crippen molar-refractivity contribution < 1.29 is 47.6 Å². The zero-order chi connectivity index (χ0) is 24.2. The number of halogens is 3. The molecular weight excluding hydrogens is 445 g/mol. The van der Waals surface area contributed by atoms with Crippen molar-refractivity contribution in [1.82, 2.24) is 0 Å². The molecule has 1 unspecified atom stereocenters. The van der Waals surface area contributed by atoms with Crippen LogP contribution in [0.15, 0.2) is 36.4 Å². The van der Waals surface area contributed by atoms with Gasteiger partial charge in [-0.1, -0.05) is 18.2 Å². The molecule has 33 heavy (non-hydrogen) atoms. The Morgan fingerprint density at radius 2 is 2.06 bits per heavy atom. The normalized spacial score (nSPS) is 28.3. The maximum absolute atomic E-state index is 12.8. The number of epoxide rings is 1. The van der Waals surface area contributed by atoms with E-state index < -0.39 is 54.0 Å². The molecule has 1 aliphatic heterocycles. The van der Waals surface area contributed by atoms with Gasteiger partial charge < -0.3 is 24.8 Å². The molecule has 3 N–H and O–H groups in total. The second-order valence-electron chi connectivity index (χ2n) is 8.38. The van der Waals surface area contributed by atoms with Gasteiger partial charge in [-0.3, -0.25) is 9.59 Å². The average Bonchev–Trinajstić information content (AvgIpc) is 3.47. The van der Waals surface area contributed by atoms with Gasteiger partial charge in [0.2, 0.25) is 0 Å². The predicted molar refractivity (Wildman–Crippen MR) is 109 cm³/mol. The molecule has 10 heteroatoms. The van der Waals surface area contributed by atoms with Crippen molar-refractivity contribution in [3.05, 3.63) is 42.0 Å². The molecule has 0 spiro atoms. The highest BCUT2D eigenvalue weighted by Crippen LogP contribution is 2.44. The quantitative estimate of drug-likeness (QED) is 0.258. The SMILES string of the molecule is O=C(O)CCC/C=C\C[C@H]1C(=O)C[C@@H](O)[C@@H]1[C@H]1OC1[C@@H](O)COc1cccc(C(F)(F)F)c1. The van der Waals surface area contributed by atoms with Gasteiger partial charge in [-0.2, -0.15) is 13.2 Å². The van der Waals surface area contributed by atoms with E-state index in [1.165, 1.54) is 12.1 Å². The molecular formula is C23H27F3O7. The molecule has 0 aromatic heterocycles. The van der Waals surface area contributed by atoms with E-state index in [1.807, 2.05) is 0 Å². The number of allylic oxidation sites excluding steroid dienone is 2. The largest absolute Gasteiger partial charge is 0.491 e. The van der Waals surface area contributed by atoms with Gasteiger partial charge in [-0.05, 0) is 37.5 Å². The van der Waals surface area contributed by atoms with E-state index >= 15 is 0 Å². The summed E-state index contributed by atoms with van der Waals surface area (Å²) in [5, 5.41) is 29.4. The highest BCUT2D eigenvalue weighted by atomic mass is 19.4. The zero-order valence-electron chi connectivity index (χ0n) is 17.8. The molecule has 182 valence electrons. The maximum Gasteiger partial charge on any atom is 0.416 e. The van der Waals surface area contributed by atoms with Crippen LogP contribution < -0.4 is 4.74 Å². The summed E-state index contributed by atoms with van der Waals surface area (Å²) >= 11 is 0. The molecule has 2 fully saturated rings. The lowest BCUT2D eigenvalue weighted by Crippen LogP contribution is -2.32. The van der Waals surface area contributed by atoms with Gasteiger partial charge in [0.1, 0.15) is 30.3 Å². The number of rotatable bonds is 11. The Bertz CT molecular complexity index is 870. The van der Waals surface area contributed by atoms with Gasteiger partial charge in [0.25, 0.3) is 0 Å². The molecule has 6 atom stereocenters.